The van der Waals surface area contributed by atoms with Gasteiger partial charge in [-0.25, -0.2) is 0 Å². The summed E-state index contributed by atoms with van der Waals surface area (Å²) in [5, 5.41) is 5.72. The van der Waals surface area contributed by atoms with Crippen LogP contribution in [0.5, 0.6) is 0 Å². The summed E-state index contributed by atoms with van der Waals surface area (Å²) in [6.45, 7) is 1.49. The van der Waals surface area contributed by atoms with E-state index in [0.717, 1.165) is 23.1 Å². The van der Waals surface area contributed by atoms with Gasteiger partial charge in [0.1, 0.15) is 4.88 Å². The van der Waals surface area contributed by atoms with E-state index < -0.39 is 0 Å². The number of carbonyl (C=O) groups excluding carboxylic acids is 1. The van der Waals surface area contributed by atoms with Crippen molar-refractivity contribution in [2.75, 3.05) is 6.54 Å². The van der Waals surface area contributed by atoms with Gasteiger partial charge in [0.15, 0.2) is 0 Å². The van der Waals surface area contributed by atoms with Crippen molar-refractivity contribution in [3.05, 3.63) is 70.7 Å². The Morgan fingerprint density at radius 2 is 1.88 bits per heavy atom. The molecule has 2 heterocycles. The summed E-state index contributed by atoms with van der Waals surface area (Å²) in [6, 6.07) is 18.3. The van der Waals surface area contributed by atoms with Crippen LogP contribution in [-0.2, 0) is 6.54 Å². The zero-order valence-corrected chi connectivity index (χ0v) is 15.1. The first-order chi connectivity index (χ1) is 12.2. The van der Waals surface area contributed by atoms with Crippen molar-refractivity contribution in [2.24, 2.45) is 0 Å². The molecule has 4 aromatic rings. The van der Waals surface area contributed by atoms with Gasteiger partial charge in [0.2, 0.25) is 0 Å². The van der Waals surface area contributed by atoms with Gasteiger partial charge in [0.05, 0.1) is 5.02 Å². The van der Waals surface area contributed by atoms with Crippen molar-refractivity contribution in [3.8, 4) is 0 Å². The molecule has 2 aromatic heterocycles. The van der Waals surface area contributed by atoms with Gasteiger partial charge >= 0.3 is 0 Å². The molecule has 0 fully saturated rings. The Kier molecular flexibility index (Phi) is 4.47. The van der Waals surface area contributed by atoms with Crippen LogP contribution >= 0.6 is 22.9 Å². The van der Waals surface area contributed by atoms with Crippen molar-refractivity contribution in [3.63, 3.8) is 0 Å². The highest BCUT2D eigenvalue weighted by Gasteiger charge is 2.16. The zero-order valence-electron chi connectivity index (χ0n) is 13.5. The molecule has 0 atom stereocenters. The van der Waals surface area contributed by atoms with Crippen molar-refractivity contribution in [1.82, 2.24) is 9.88 Å². The van der Waals surface area contributed by atoms with Crippen molar-refractivity contribution < 1.29 is 4.79 Å². The molecule has 5 heteroatoms. The van der Waals surface area contributed by atoms with Gasteiger partial charge in [-0.15, -0.1) is 11.3 Å². The highest BCUT2D eigenvalue weighted by molar-refractivity contribution is 7.21. The Balaban J connectivity index is 1.38. The molecule has 0 radical (unpaired) electrons. The van der Waals surface area contributed by atoms with Gasteiger partial charge in [0, 0.05) is 34.9 Å². The molecule has 0 saturated carbocycles. The van der Waals surface area contributed by atoms with Crippen LogP contribution in [0, 0.1) is 0 Å². The van der Waals surface area contributed by atoms with Crippen LogP contribution in [0.25, 0.3) is 21.0 Å². The Labute approximate surface area is 154 Å². The zero-order chi connectivity index (χ0) is 17.2. The number of amides is 1. The van der Waals surface area contributed by atoms with Crippen molar-refractivity contribution in [2.45, 2.75) is 13.0 Å². The number of halogens is 1. The number of carbonyl (C=O) groups is 1. The van der Waals surface area contributed by atoms with Crippen LogP contribution in [0.1, 0.15) is 16.1 Å². The van der Waals surface area contributed by atoms with E-state index in [1.54, 1.807) is 0 Å². The number of hydrogen-bond donors (Lipinski definition) is 1. The molecule has 4 rings (SSSR count). The number of aryl methyl sites for hydroxylation is 1. The summed E-state index contributed by atoms with van der Waals surface area (Å²) in [4.78, 5) is 13.0. The fourth-order valence-corrected chi connectivity index (χ4v) is 4.46. The van der Waals surface area contributed by atoms with E-state index in [2.05, 4.69) is 34.3 Å². The summed E-state index contributed by atoms with van der Waals surface area (Å²) in [6.07, 6.45) is 2.96. The predicted molar refractivity (Wildman–Crippen MR) is 106 cm³/mol. The summed E-state index contributed by atoms with van der Waals surface area (Å²) in [7, 11) is 0. The number of thiophene rings is 1. The SMILES string of the molecule is O=C(NCCCn1ccc2ccccc21)c1sc2ccccc2c1Cl. The fourth-order valence-electron chi connectivity index (χ4n) is 3.03. The summed E-state index contributed by atoms with van der Waals surface area (Å²) >= 11 is 7.80. The van der Waals surface area contributed by atoms with Crippen LogP contribution < -0.4 is 5.32 Å². The highest BCUT2D eigenvalue weighted by atomic mass is 35.5. The lowest BCUT2D eigenvalue weighted by molar-refractivity contribution is 0.0957. The molecule has 126 valence electrons. The second kappa shape index (κ2) is 6.90. The third-order valence-electron chi connectivity index (χ3n) is 4.28. The average molecular weight is 369 g/mol. The lowest BCUT2D eigenvalue weighted by atomic mass is 10.2. The van der Waals surface area contributed by atoms with Crippen molar-refractivity contribution >= 4 is 49.8 Å². The first-order valence-corrected chi connectivity index (χ1v) is 9.42. The molecule has 0 aliphatic rings. The monoisotopic (exact) mass is 368 g/mol. The lowest BCUT2D eigenvalue weighted by Gasteiger charge is -2.07. The number of hydrogen-bond acceptors (Lipinski definition) is 2. The van der Waals surface area contributed by atoms with E-state index in [0.29, 0.717) is 16.4 Å². The molecular weight excluding hydrogens is 352 g/mol. The third-order valence-corrected chi connectivity index (χ3v) is 5.96. The number of nitrogens with zero attached hydrogens (tertiary/aromatic N) is 1. The molecule has 0 bridgehead atoms. The molecule has 1 N–H and O–H groups in total. The maximum atomic E-state index is 12.4. The van der Waals surface area contributed by atoms with Gasteiger partial charge in [-0.05, 0) is 30.0 Å². The van der Waals surface area contributed by atoms with E-state index in [9.17, 15) is 4.79 Å². The molecule has 25 heavy (non-hydrogen) atoms. The highest BCUT2D eigenvalue weighted by Crippen LogP contribution is 2.34. The molecule has 0 aliphatic heterocycles. The first-order valence-electron chi connectivity index (χ1n) is 8.23. The van der Waals surface area contributed by atoms with Crippen LogP contribution in [0.3, 0.4) is 0 Å². The minimum Gasteiger partial charge on any atom is -0.351 e. The molecule has 0 saturated heterocycles. The van der Waals surface area contributed by atoms with E-state index >= 15 is 0 Å². The summed E-state index contributed by atoms with van der Waals surface area (Å²) in [5.74, 6) is -0.0939. The number of nitrogens with one attached hydrogen (secondary N) is 1. The molecule has 3 nitrogen and oxygen atoms in total. The smallest absolute Gasteiger partial charge is 0.262 e. The molecule has 0 aliphatic carbocycles. The normalized spacial score (nSPS) is 11.2. The fraction of sp³-hybridized carbons (Fsp3) is 0.150. The average Bonchev–Trinajstić information content (AvgIpc) is 3.20. The molecule has 1 amide bonds. The van der Waals surface area contributed by atoms with Crippen LogP contribution in [0.15, 0.2) is 60.8 Å². The summed E-state index contributed by atoms with van der Waals surface area (Å²) in [5.41, 5.74) is 1.22. The molecule has 0 spiro atoms. The first kappa shape index (κ1) is 16.2. The number of aromatic nitrogens is 1. The Morgan fingerprint density at radius 3 is 2.76 bits per heavy atom. The van der Waals surface area contributed by atoms with Gasteiger partial charge in [-0.1, -0.05) is 48.0 Å². The molecular formula is C20H17ClN2OS. The lowest BCUT2D eigenvalue weighted by Crippen LogP contribution is -2.24. The van der Waals surface area contributed by atoms with E-state index in [4.69, 9.17) is 11.6 Å². The van der Waals surface area contributed by atoms with E-state index in [-0.39, 0.29) is 5.91 Å². The minimum atomic E-state index is -0.0939. The van der Waals surface area contributed by atoms with Crippen LogP contribution in [-0.4, -0.2) is 17.0 Å². The predicted octanol–water partition coefficient (Wildman–Crippen LogP) is 5.33. The second-order valence-electron chi connectivity index (χ2n) is 5.92. The van der Waals surface area contributed by atoms with Gasteiger partial charge in [0.25, 0.3) is 5.91 Å². The number of para-hydroxylation sites is 1. The number of benzene rings is 2. The van der Waals surface area contributed by atoms with Gasteiger partial charge in [-0.3, -0.25) is 4.79 Å². The maximum absolute atomic E-state index is 12.4. The van der Waals surface area contributed by atoms with E-state index in [1.807, 2.05) is 36.4 Å². The maximum Gasteiger partial charge on any atom is 0.262 e. The van der Waals surface area contributed by atoms with E-state index in [1.165, 1.54) is 22.2 Å². The largest absolute Gasteiger partial charge is 0.351 e. The third kappa shape index (κ3) is 3.15. The van der Waals surface area contributed by atoms with Crippen LogP contribution in [0.2, 0.25) is 5.02 Å². The van der Waals surface area contributed by atoms with Crippen LogP contribution in [0.4, 0.5) is 0 Å². The Morgan fingerprint density at radius 1 is 1.08 bits per heavy atom. The molecule has 0 unspecified atom stereocenters. The summed E-state index contributed by atoms with van der Waals surface area (Å²) < 4.78 is 3.25. The Bertz CT molecular complexity index is 1050. The standard InChI is InChI=1S/C20H17ClN2OS/c21-18-15-7-2-4-9-17(15)25-19(18)20(24)22-11-5-12-23-13-10-14-6-1-3-8-16(14)23/h1-4,6-10,13H,5,11-12H2,(H,22,24). The topological polar surface area (TPSA) is 34.0 Å². The van der Waals surface area contributed by atoms with Gasteiger partial charge in [-0.2, -0.15) is 0 Å². The Hall–Kier alpha value is -2.30. The minimum absolute atomic E-state index is 0.0939. The quantitative estimate of drug-likeness (QED) is 0.474. The second-order valence-corrected chi connectivity index (χ2v) is 7.35. The van der Waals surface area contributed by atoms with Gasteiger partial charge < -0.3 is 9.88 Å². The molecule has 2 aromatic carbocycles. The van der Waals surface area contributed by atoms with Crippen molar-refractivity contribution in [1.29, 1.82) is 0 Å². The number of rotatable bonds is 5. The number of fused-ring (bicyclic) bond motifs is 2.